The van der Waals surface area contributed by atoms with Crippen LogP contribution in [0.25, 0.3) is 0 Å². The van der Waals surface area contributed by atoms with E-state index >= 15 is 0 Å². The zero-order valence-corrected chi connectivity index (χ0v) is 30.0. The number of ether oxygens (including phenoxy) is 1. The quantitative estimate of drug-likeness (QED) is 0.0674. The van der Waals surface area contributed by atoms with Gasteiger partial charge in [-0.1, -0.05) is 181 Å². The van der Waals surface area contributed by atoms with Gasteiger partial charge < -0.3 is 19.8 Å². The third kappa shape index (κ3) is 32.7. The Morgan fingerprint density at radius 1 is 0.545 bits per heavy atom. The van der Waals surface area contributed by atoms with E-state index in [9.17, 15) is 15.0 Å². The first-order chi connectivity index (χ1) is 21.7. The average molecular weight is 626 g/mol. The van der Waals surface area contributed by atoms with Gasteiger partial charge in [-0.2, -0.15) is 0 Å². The molecule has 5 nitrogen and oxygen atoms in total. The molecule has 0 radical (unpaired) electrons. The van der Waals surface area contributed by atoms with Crippen molar-refractivity contribution in [3.63, 3.8) is 0 Å². The third-order valence-corrected chi connectivity index (χ3v) is 9.13. The SMILES string of the molecule is CCCCCCCCCCCCCCCCC(O)COCCCN(CCO)C(=O)CCCCCCCCCCCCCCC. The molecule has 0 fully saturated rings. The molecule has 0 aliphatic heterocycles. The highest BCUT2D eigenvalue weighted by Gasteiger charge is 2.12. The maximum atomic E-state index is 12.7. The number of hydrogen-bond donors (Lipinski definition) is 2. The Balaban J connectivity index is 3.58. The smallest absolute Gasteiger partial charge is 0.222 e. The maximum absolute atomic E-state index is 12.7. The molecular weight excluding hydrogens is 546 g/mol. The molecule has 0 aromatic rings. The highest BCUT2D eigenvalue weighted by molar-refractivity contribution is 5.76. The van der Waals surface area contributed by atoms with Crippen LogP contribution in [0.4, 0.5) is 0 Å². The molecule has 2 N–H and O–H groups in total. The number of rotatable bonds is 37. The summed E-state index contributed by atoms with van der Waals surface area (Å²) in [5.41, 5.74) is 0. The van der Waals surface area contributed by atoms with Crippen LogP contribution in [0.15, 0.2) is 0 Å². The van der Waals surface area contributed by atoms with Gasteiger partial charge in [-0.25, -0.2) is 0 Å². The maximum Gasteiger partial charge on any atom is 0.222 e. The number of hydrogen-bond acceptors (Lipinski definition) is 4. The number of aliphatic hydroxyl groups excluding tert-OH is 2. The van der Waals surface area contributed by atoms with Crippen molar-refractivity contribution >= 4 is 5.91 Å². The molecule has 44 heavy (non-hydrogen) atoms. The van der Waals surface area contributed by atoms with Gasteiger partial charge in [0.05, 0.1) is 19.3 Å². The van der Waals surface area contributed by atoms with Crippen LogP contribution in [0.5, 0.6) is 0 Å². The fourth-order valence-corrected chi connectivity index (χ4v) is 6.17. The van der Waals surface area contributed by atoms with Crippen LogP contribution in [-0.4, -0.2) is 60.0 Å². The van der Waals surface area contributed by atoms with Crippen LogP contribution < -0.4 is 0 Å². The van der Waals surface area contributed by atoms with Crippen molar-refractivity contribution in [3.8, 4) is 0 Å². The highest BCUT2D eigenvalue weighted by atomic mass is 16.5. The Morgan fingerprint density at radius 2 is 0.932 bits per heavy atom. The molecule has 0 rings (SSSR count). The van der Waals surface area contributed by atoms with Gasteiger partial charge in [0.25, 0.3) is 0 Å². The van der Waals surface area contributed by atoms with E-state index in [0.29, 0.717) is 32.7 Å². The predicted molar refractivity (Wildman–Crippen MR) is 190 cm³/mol. The van der Waals surface area contributed by atoms with E-state index in [0.717, 1.165) is 32.1 Å². The Bertz CT molecular complexity index is 558. The minimum atomic E-state index is -0.391. The molecule has 0 aromatic heterocycles. The van der Waals surface area contributed by atoms with Gasteiger partial charge in [-0.15, -0.1) is 0 Å². The normalized spacial score (nSPS) is 12.2. The van der Waals surface area contributed by atoms with E-state index in [-0.39, 0.29) is 12.5 Å². The van der Waals surface area contributed by atoms with Crippen LogP contribution in [0, 0.1) is 0 Å². The lowest BCUT2D eigenvalue weighted by molar-refractivity contribution is -0.132. The van der Waals surface area contributed by atoms with E-state index in [4.69, 9.17) is 4.74 Å². The van der Waals surface area contributed by atoms with E-state index in [1.165, 1.54) is 154 Å². The topological polar surface area (TPSA) is 70.0 Å². The lowest BCUT2D eigenvalue weighted by atomic mass is 10.0. The fourth-order valence-electron chi connectivity index (χ4n) is 6.17. The van der Waals surface area contributed by atoms with Crippen LogP contribution in [0.2, 0.25) is 0 Å². The van der Waals surface area contributed by atoms with Crippen LogP contribution in [0.3, 0.4) is 0 Å². The summed E-state index contributed by atoms with van der Waals surface area (Å²) in [5.74, 6) is 0.153. The average Bonchev–Trinajstić information content (AvgIpc) is 3.02. The zero-order chi connectivity index (χ0) is 32.2. The molecule has 0 saturated carbocycles. The summed E-state index contributed by atoms with van der Waals surface area (Å²) in [6.07, 6.45) is 37.5. The molecule has 0 spiro atoms. The van der Waals surface area contributed by atoms with Crippen LogP contribution >= 0.6 is 0 Å². The molecule has 0 saturated heterocycles. The van der Waals surface area contributed by atoms with Gasteiger partial charge in [0.1, 0.15) is 0 Å². The lowest BCUT2D eigenvalue weighted by Gasteiger charge is -2.22. The third-order valence-electron chi connectivity index (χ3n) is 9.13. The van der Waals surface area contributed by atoms with Crippen LogP contribution in [0.1, 0.15) is 206 Å². The lowest BCUT2D eigenvalue weighted by Crippen LogP contribution is -2.34. The summed E-state index contributed by atoms with van der Waals surface area (Å²) in [7, 11) is 0. The summed E-state index contributed by atoms with van der Waals surface area (Å²) in [5, 5.41) is 19.7. The second kappa shape index (κ2) is 36.8. The minimum Gasteiger partial charge on any atom is -0.395 e. The van der Waals surface area contributed by atoms with E-state index in [1.807, 2.05) is 0 Å². The molecular formula is C39H79NO4. The van der Waals surface area contributed by atoms with Crippen molar-refractivity contribution in [2.75, 3.05) is 32.9 Å². The van der Waals surface area contributed by atoms with Gasteiger partial charge in [-0.05, 0) is 19.3 Å². The van der Waals surface area contributed by atoms with Crippen molar-refractivity contribution in [3.05, 3.63) is 0 Å². The molecule has 1 atom stereocenters. The Kier molecular flexibility index (Phi) is 36.3. The molecule has 0 heterocycles. The standard InChI is InChI=1S/C39H79NO4/c1-3-5-7-9-11-13-15-17-19-20-22-24-26-28-31-38(42)37-44-36-30-33-40(34-35-41)39(43)32-29-27-25-23-21-18-16-14-12-10-8-6-4-2/h38,41-42H,3-37H2,1-2H3. The second-order valence-electron chi connectivity index (χ2n) is 13.6. The van der Waals surface area contributed by atoms with Gasteiger partial charge >= 0.3 is 0 Å². The number of unbranched alkanes of at least 4 members (excludes halogenated alkanes) is 25. The predicted octanol–water partition coefficient (Wildman–Crippen LogP) is 10.9. The summed E-state index contributed by atoms with van der Waals surface area (Å²) in [4.78, 5) is 14.4. The van der Waals surface area contributed by atoms with Crippen LogP contribution in [-0.2, 0) is 9.53 Å². The summed E-state index contributed by atoms with van der Waals surface area (Å²) in [6.45, 7) is 6.50. The van der Waals surface area contributed by atoms with Crippen molar-refractivity contribution in [1.29, 1.82) is 0 Å². The molecule has 5 heteroatoms. The summed E-state index contributed by atoms with van der Waals surface area (Å²) < 4.78 is 5.71. The Labute approximate surface area is 275 Å². The monoisotopic (exact) mass is 626 g/mol. The largest absolute Gasteiger partial charge is 0.395 e. The van der Waals surface area contributed by atoms with E-state index in [1.54, 1.807) is 4.90 Å². The first-order valence-corrected chi connectivity index (χ1v) is 19.8. The second-order valence-corrected chi connectivity index (χ2v) is 13.6. The Hall–Kier alpha value is -0.650. The minimum absolute atomic E-state index is 0.00308. The highest BCUT2D eigenvalue weighted by Crippen LogP contribution is 2.15. The zero-order valence-electron chi connectivity index (χ0n) is 30.0. The molecule has 1 amide bonds. The van der Waals surface area contributed by atoms with Gasteiger partial charge in [0, 0.05) is 26.1 Å². The number of amides is 1. The molecule has 0 aromatic carbocycles. The summed E-state index contributed by atoms with van der Waals surface area (Å²) >= 11 is 0. The van der Waals surface area contributed by atoms with Crippen molar-refractivity contribution in [1.82, 2.24) is 4.90 Å². The number of nitrogens with zero attached hydrogens (tertiary/aromatic N) is 1. The molecule has 0 bridgehead atoms. The van der Waals surface area contributed by atoms with Gasteiger partial charge in [0.2, 0.25) is 5.91 Å². The molecule has 1 unspecified atom stereocenters. The number of carbonyl (C=O) groups excluding carboxylic acids is 1. The van der Waals surface area contributed by atoms with E-state index < -0.39 is 6.10 Å². The van der Waals surface area contributed by atoms with Crippen molar-refractivity contribution in [2.45, 2.75) is 213 Å². The first-order valence-electron chi connectivity index (χ1n) is 19.8. The van der Waals surface area contributed by atoms with E-state index in [2.05, 4.69) is 13.8 Å². The van der Waals surface area contributed by atoms with Crippen molar-refractivity contribution < 1.29 is 19.7 Å². The fraction of sp³-hybridized carbons (Fsp3) is 0.974. The summed E-state index contributed by atoms with van der Waals surface area (Å²) in [6, 6.07) is 0. The van der Waals surface area contributed by atoms with Crippen molar-refractivity contribution in [2.24, 2.45) is 0 Å². The molecule has 0 aliphatic rings. The first kappa shape index (κ1) is 43.4. The van der Waals surface area contributed by atoms with Gasteiger partial charge in [-0.3, -0.25) is 4.79 Å². The molecule has 0 aliphatic carbocycles. The molecule has 264 valence electrons. The number of carbonyl (C=O) groups is 1. The van der Waals surface area contributed by atoms with Gasteiger partial charge in [0.15, 0.2) is 0 Å². The Morgan fingerprint density at radius 3 is 1.34 bits per heavy atom. The number of aliphatic hydroxyl groups is 2.